The molecule has 7 heteroatoms. The molecule has 1 aliphatic rings. The standard InChI is InChI=1S/C22H27ClN4O2/c1-26(2)11-12-27-19-14-16(23)8-7-15(19)13-20(27)22(29)25-18-6-4-3-5-17(18)21(28)9-10-24/h7-8,13-14,17-18H,3-6,9,11-12H2,1-2H3,(H,25,29)/t17-,18+/m1/s1. The zero-order chi connectivity index (χ0) is 21.0. The predicted octanol–water partition coefficient (Wildman–Crippen LogP) is 3.63. The number of amides is 1. The van der Waals surface area contributed by atoms with E-state index >= 15 is 0 Å². The number of ketones is 1. The third kappa shape index (κ3) is 4.98. The molecule has 0 bridgehead atoms. The van der Waals surface area contributed by atoms with Crippen molar-refractivity contribution < 1.29 is 9.59 Å². The molecule has 3 rings (SSSR count). The summed E-state index contributed by atoms with van der Waals surface area (Å²) in [6.07, 6.45) is 3.32. The molecular weight excluding hydrogens is 388 g/mol. The summed E-state index contributed by atoms with van der Waals surface area (Å²) in [5.74, 6) is -0.531. The van der Waals surface area contributed by atoms with Gasteiger partial charge in [0.1, 0.15) is 5.69 Å². The van der Waals surface area contributed by atoms with Crippen molar-refractivity contribution in [3.8, 4) is 6.07 Å². The van der Waals surface area contributed by atoms with Gasteiger partial charge in [-0.1, -0.05) is 30.5 Å². The second kappa shape index (κ2) is 9.43. The summed E-state index contributed by atoms with van der Waals surface area (Å²) in [5, 5.41) is 13.6. The van der Waals surface area contributed by atoms with Crippen LogP contribution in [0.15, 0.2) is 24.3 Å². The number of fused-ring (bicyclic) bond motifs is 1. The summed E-state index contributed by atoms with van der Waals surface area (Å²) >= 11 is 6.19. The first-order chi connectivity index (χ1) is 13.9. The van der Waals surface area contributed by atoms with Crippen molar-refractivity contribution in [2.24, 2.45) is 5.92 Å². The Morgan fingerprint density at radius 1 is 1.28 bits per heavy atom. The molecule has 1 heterocycles. The second-order valence-corrected chi connectivity index (χ2v) is 8.40. The van der Waals surface area contributed by atoms with Crippen LogP contribution in [-0.2, 0) is 11.3 Å². The molecule has 1 aromatic heterocycles. The number of aromatic nitrogens is 1. The van der Waals surface area contributed by atoms with E-state index in [9.17, 15) is 9.59 Å². The van der Waals surface area contributed by atoms with Crippen molar-refractivity contribution in [1.82, 2.24) is 14.8 Å². The maximum absolute atomic E-state index is 13.2. The van der Waals surface area contributed by atoms with Crippen LogP contribution in [0.25, 0.3) is 10.9 Å². The molecule has 29 heavy (non-hydrogen) atoms. The van der Waals surface area contributed by atoms with E-state index in [-0.39, 0.29) is 30.1 Å². The molecule has 1 aromatic carbocycles. The van der Waals surface area contributed by atoms with Gasteiger partial charge in [0.2, 0.25) is 0 Å². The largest absolute Gasteiger partial charge is 0.347 e. The number of likely N-dealkylation sites (N-methyl/N-ethyl adjacent to an activating group) is 1. The number of carbonyl (C=O) groups is 2. The first kappa shape index (κ1) is 21.4. The molecule has 0 radical (unpaired) electrons. The van der Waals surface area contributed by atoms with Crippen LogP contribution < -0.4 is 5.32 Å². The Balaban J connectivity index is 1.88. The van der Waals surface area contributed by atoms with Crippen LogP contribution in [0, 0.1) is 17.2 Å². The summed E-state index contributed by atoms with van der Waals surface area (Å²) in [7, 11) is 3.98. The van der Waals surface area contributed by atoms with Gasteiger partial charge < -0.3 is 14.8 Å². The normalized spacial score (nSPS) is 19.3. The van der Waals surface area contributed by atoms with E-state index in [4.69, 9.17) is 16.9 Å². The molecule has 1 fully saturated rings. The molecule has 0 aliphatic heterocycles. The van der Waals surface area contributed by atoms with Gasteiger partial charge in [-0.15, -0.1) is 0 Å². The Morgan fingerprint density at radius 2 is 2.03 bits per heavy atom. The van der Waals surface area contributed by atoms with Crippen LogP contribution >= 0.6 is 11.6 Å². The maximum atomic E-state index is 13.2. The number of Topliss-reactive ketones (excluding diaryl/α,β-unsaturated/α-hetero) is 1. The number of rotatable bonds is 7. The molecular formula is C22H27ClN4O2. The second-order valence-electron chi connectivity index (χ2n) is 7.96. The lowest BCUT2D eigenvalue weighted by atomic mass is 9.81. The van der Waals surface area contributed by atoms with Gasteiger partial charge in [-0.05, 0) is 45.1 Å². The topological polar surface area (TPSA) is 78.1 Å². The van der Waals surface area contributed by atoms with Gasteiger partial charge in [-0.25, -0.2) is 0 Å². The van der Waals surface area contributed by atoms with Crippen LogP contribution in [-0.4, -0.2) is 47.8 Å². The highest BCUT2D eigenvalue weighted by atomic mass is 35.5. The molecule has 1 aliphatic carbocycles. The number of benzene rings is 1. The van der Waals surface area contributed by atoms with Crippen LogP contribution in [0.3, 0.4) is 0 Å². The van der Waals surface area contributed by atoms with Crippen LogP contribution in [0.5, 0.6) is 0 Å². The number of hydrogen-bond donors (Lipinski definition) is 1. The van der Waals surface area contributed by atoms with Crippen molar-refractivity contribution >= 4 is 34.2 Å². The Morgan fingerprint density at radius 3 is 2.76 bits per heavy atom. The quantitative estimate of drug-likeness (QED) is 0.750. The van der Waals surface area contributed by atoms with Crippen molar-refractivity contribution in [2.45, 2.75) is 44.7 Å². The number of nitrogens with zero attached hydrogens (tertiary/aromatic N) is 3. The molecule has 6 nitrogen and oxygen atoms in total. The fraction of sp³-hybridized carbons (Fsp3) is 0.500. The minimum absolute atomic E-state index is 0.0718. The zero-order valence-electron chi connectivity index (χ0n) is 16.9. The fourth-order valence-electron chi connectivity index (χ4n) is 4.10. The first-order valence-corrected chi connectivity index (χ1v) is 10.4. The van der Waals surface area contributed by atoms with E-state index in [0.29, 0.717) is 17.3 Å². The van der Waals surface area contributed by atoms with Gasteiger partial charge in [-0.3, -0.25) is 9.59 Å². The SMILES string of the molecule is CN(C)CCn1c(C(=O)N[C@H]2CCCC[C@H]2C(=O)CC#N)cc2ccc(Cl)cc21. The van der Waals surface area contributed by atoms with E-state index in [0.717, 1.165) is 43.1 Å². The van der Waals surface area contributed by atoms with Crippen molar-refractivity contribution in [2.75, 3.05) is 20.6 Å². The minimum Gasteiger partial charge on any atom is -0.347 e. The molecule has 1 N–H and O–H groups in total. The highest BCUT2D eigenvalue weighted by molar-refractivity contribution is 6.31. The van der Waals surface area contributed by atoms with Gasteiger partial charge in [-0.2, -0.15) is 5.26 Å². The average molecular weight is 415 g/mol. The number of nitriles is 1. The molecule has 1 amide bonds. The van der Waals surface area contributed by atoms with Gasteiger partial charge >= 0.3 is 0 Å². The molecule has 0 unspecified atom stereocenters. The van der Waals surface area contributed by atoms with Crippen LogP contribution in [0.4, 0.5) is 0 Å². The average Bonchev–Trinajstić information content (AvgIpc) is 3.04. The summed E-state index contributed by atoms with van der Waals surface area (Å²) in [5.41, 5.74) is 1.49. The fourth-order valence-corrected chi connectivity index (χ4v) is 4.26. The molecule has 0 spiro atoms. The Kier molecular flexibility index (Phi) is 6.94. The van der Waals surface area contributed by atoms with Crippen molar-refractivity contribution in [1.29, 1.82) is 5.26 Å². The summed E-state index contributed by atoms with van der Waals surface area (Å²) < 4.78 is 1.99. The summed E-state index contributed by atoms with van der Waals surface area (Å²) in [4.78, 5) is 27.6. The Hall–Kier alpha value is -2.36. The van der Waals surface area contributed by atoms with E-state index in [1.165, 1.54) is 0 Å². The van der Waals surface area contributed by atoms with E-state index in [1.807, 2.05) is 49.0 Å². The number of carbonyl (C=O) groups excluding carboxylic acids is 2. The zero-order valence-corrected chi connectivity index (χ0v) is 17.7. The first-order valence-electron chi connectivity index (χ1n) is 10.0. The Bertz CT molecular complexity index is 944. The van der Waals surface area contributed by atoms with Gasteiger partial charge in [0.05, 0.1) is 18.0 Å². The smallest absolute Gasteiger partial charge is 0.268 e. The lowest BCUT2D eigenvalue weighted by Crippen LogP contribution is -2.45. The highest BCUT2D eigenvalue weighted by Crippen LogP contribution is 2.28. The van der Waals surface area contributed by atoms with E-state index in [1.54, 1.807) is 0 Å². The summed E-state index contributed by atoms with van der Waals surface area (Å²) in [6.45, 7) is 1.43. The number of nitrogens with one attached hydrogen (secondary N) is 1. The van der Waals surface area contributed by atoms with Crippen LogP contribution in [0.2, 0.25) is 5.02 Å². The van der Waals surface area contributed by atoms with Crippen molar-refractivity contribution in [3.63, 3.8) is 0 Å². The lowest BCUT2D eigenvalue weighted by Gasteiger charge is -2.31. The molecule has 154 valence electrons. The summed E-state index contributed by atoms with van der Waals surface area (Å²) in [6, 6.07) is 9.22. The molecule has 0 saturated heterocycles. The third-order valence-corrected chi connectivity index (χ3v) is 5.85. The van der Waals surface area contributed by atoms with E-state index < -0.39 is 0 Å². The van der Waals surface area contributed by atoms with Crippen molar-refractivity contribution in [3.05, 3.63) is 35.0 Å². The van der Waals surface area contributed by atoms with Gasteiger partial charge in [0.25, 0.3) is 5.91 Å². The highest BCUT2D eigenvalue weighted by Gasteiger charge is 2.32. The van der Waals surface area contributed by atoms with Gasteiger partial charge in [0.15, 0.2) is 5.78 Å². The number of hydrogen-bond acceptors (Lipinski definition) is 4. The van der Waals surface area contributed by atoms with Gasteiger partial charge in [0, 0.05) is 35.5 Å². The minimum atomic E-state index is -0.276. The Labute approximate surface area is 176 Å². The predicted molar refractivity (Wildman–Crippen MR) is 114 cm³/mol. The lowest BCUT2D eigenvalue weighted by molar-refractivity contribution is -0.123. The van der Waals surface area contributed by atoms with Crippen LogP contribution in [0.1, 0.15) is 42.6 Å². The molecule has 2 atom stereocenters. The van der Waals surface area contributed by atoms with E-state index in [2.05, 4.69) is 10.2 Å². The monoisotopic (exact) mass is 414 g/mol. The molecule has 2 aromatic rings. The third-order valence-electron chi connectivity index (χ3n) is 5.62. The molecule has 1 saturated carbocycles. The maximum Gasteiger partial charge on any atom is 0.268 e. The number of halogens is 1.